The van der Waals surface area contributed by atoms with Gasteiger partial charge >= 0.3 is 0 Å². The quantitative estimate of drug-likeness (QED) is 0.484. The van der Waals surface area contributed by atoms with Gasteiger partial charge in [-0.05, 0) is 23.3 Å². The van der Waals surface area contributed by atoms with Crippen molar-refractivity contribution in [3.8, 4) is 11.3 Å². The van der Waals surface area contributed by atoms with Crippen LogP contribution < -0.4 is 5.32 Å². The van der Waals surface area contributed by atoms with Gasteiger partial charge in [-0.1, -0.05) is 66.7 Å². The fraction of sp³-hybridized carbons (Fsp3) is 0.0909. The fourth-order valence-corrected chi connectivity index (χ4v) is 3.88. The van der Waals surface area contributed by atoms with Crippen molar-refractivity contribution >= 4 is 16.6 Å². The summed E-state index contributed by atoms with van der Waals surface area (Å²) in [6, 6.07) is 28.0. The lowest BCUT2D eigenvalue weighted by Gasteiger charge is -2.17. The average Bonchev–Trinajstić information content (AvgIpc) is 2.94. The third kappa shape index (κ3) is 1.96. The van der Waals surface area contributed by atoms with Crippen LogP contribution in [0.5, 0.6) is 0 Å². The van der Waals surface area contributed by atoms with Crippen LogP contribution in [0.2, 0.25) is 0 Å². The molecule has 0 amide bonds. The van der Waals surface area contributed by atoms with E-state index in [0.29, 0.717) is 5.92 Å². The van der Waals surface area contributed by atoms with Crippen LogP contribution in [0.15, 0.2) is 78.9 Å². The van der Waals surface area contributed by atoms with E-state index in [1.807, 2.05) is 0 Å². The molecule has 4 aromatic rings. The molecule has 0 fully saturated rings. The molecule has 2 heterocycles. The molecule has 116 valence electrons. The van der Waals surface area contributed by atoms with Crippen LogP contribution in [0.1, 0.15) is 17.0 Å². The first kappa shape index (κ1) is 13.4. The second-order valence-electron chi connectivity index (χ2n) is 6.35. The first-order valence-electron chi connectivity index (χ1n) is 8.40. The van der Waals surface area contributed by atoms with Gasteiger partial charge < -0.3 is 10.3 Å². The third-order valence-electron chi connectivity index (χ3n) is 4.99. The Balaban J connectivity index is 1.84. The van der Waals surface area contributed by atoms with Gasteiger partial charge in [0, 0.05) is 34.6 Å². The summed E-state index contributed by atoms with van der Waals surface area (Å²) in [5.41, 5.74) is 7.65. The molecule has 0 saturated carbocycles. The molecule has 5 rings (SSSR count). The second-order valence-corrected chi connectivity index (χ2v) is 6.35. The first-order valence-corrected chi connectivity index (χ1v) is 8.40. The standard InChI is InChI=1S/C22H18N2/c1-2-8-15(9-3-1)18-14-23-19-12-6-5-11-17(19)22-21(18)16-10-4-7-13-20(16)24-22/h1-13,18,23-24H,14H2. The number of benzene rings is 3. The summed E-state index contributed by atoms with van der Waals surface area (Å²) >= 11 is 0. The number of anilines is 1. The van der Waals surface area contributed by atoms with Gasteiger partial charge in [0.25, 0.3) is 0 Å². The van der Waals surface area contributed by atoms with Crippen LogP contribution in [0.3, 0.4) is 0 Å². The third-order valence-corrected chi connectivity index (χ3v) is 4.99. The number of aromatic nitrogens is 1. The van der Waals surface area contributed by atoms with Crippen LogP contribution >= 0.6 is 0 Å². The Morgan fingerprint density at radius 1 is 0.750 bits per heavy atom. The predicted molar refractivity (Wildman–Crippen MR) is 101 cm³/mol. The zero-order chi connectivity index (χ0) is 15.9. The molecule has 1 aromatic heterocycles. The molecule has 0 aliphatic carbocycles. The summed E-state index contributed by atoms with van der Waals surface area (Å²) in [6.45, 7) is 0.899. The molecule has 0 spiro atoms. The van der Waals surface area contributed by atoms with Crippen LogP contribution in [0.4, 0.5) is 5.69 Å². The Morgan fingerprint density at radius 3 is 2.42 bits per heavy atom. The minimum atomic E-state index is 0.324. The Bertz CT molecular complexity index is 1010. The summed E-state index contributed by atoms with van der Waals surface area (Å²) in [6.07, 6.45) is 0. The maximum absolute atomic E-state index is 3.67. The van der Waals surface area contributed by atoms with Crippen molar-refractivity contribution in [1.82, 2.24) is 4.98 Å². The molecule has 2 N–H and O–H groups in total. The molecular formula is C22H18N2. The topological polar surface area (TPSA) is 27.8 Å². The lowest BCUT2D eigenvalue weighted by molar-refractivity contribution is 0.870. The van der Waals surface area contributed by atoms with Crippen LogP contribution in [0, 0.1) is 0 Å². The molecule has 0 radical (unpaired) electrons. The van der Waals surface area contributed by atoms with Gasteiger partial charge in [0.05, 0.1) is 5.69 Å². The molecule has 0 saturated heterocycles. The lowest BCUT2D eigenvalue weighted by Crippen LogP contribution is -2.12. The van der Waals surface area contributed by atoms with Gasteiger partial charge in [-0.2, -0.15) is 0 Å². The van der Waals surface area contributed by atoms with Gasteiger partial charge in [0.15, 0.2) is 0 Å². The second kappa shape index (κ2) is 5.27. The number of H-pyrrole nitrogens is 1. The minimum Gasteiger partial charge on any atom is -0.384 e. The maximum Gasteiger partial charge on any atom is 0.0525 e. The van der Waals surface area contributed by atoms with E-state index in [1.54, 1.807) is 0 Å². The number of fused-ring (bicyclic) bond motifs is 5. The SMILES string of the molecule is c1ccc(C2CNc3ccccc3-c3[nH]c4ccccc4c32)cc1. The van der Waals surface area contributed by atoms with Gasteiger partial charge in [-0.3, -0.25) is 0 Å². The van der Waals surface area contributed by atoms with E-state index in [-0.39, 0.29) is 0 Å². The minimum absolute atomic E-state index is 0.324. The van der Waals surface area contributed by atoms with Crippen molar-refractivity contribution in [3.05, 3.63) is 90.0 Å². The summed E-state index contributed by atoms with van der Waals surface area (Å²) in [4.78, 5) is 3.67. The zero-order valence-electron chi connectivity index (χ0n) is 13.3. The predicted octanol–water partition coefficient (Wildman–Crippen LogP) is 5.39. The highest BCUT2D eigenvalue weighted by Gasteiger charge is 2.26. The highest BCUT2D eigenvalue weighted by molar-refractivity contribution is 5.95. The van der Waals surface area contributed by atoms with Crippen molar-refractivity contribution in [3.63, 3.8) is 0 Å². The maximum atomic E-state index is 3.67. The van der Waals surface area contributed by atoms with E-state index in [2.05, 4.69) is 89.2 Å². The molecule has 2 nitrogen and oxygen atoms in total. The van der Waals surface area contributed by atoms with Crippen molar-refractivity contribution in [2.24, 2.45) is 0 Å². The molecule has 1 unspecified atom stereocenters. The fourth-order valence-electron chi connectivity index (χ4n) is 3.88. The van der Waals surface area contributed by atoms with Crippen molar-refractivity contribution < 1.29 is 0 Å². The molecule has 1 aliphatic rings. The Morgan fingerprint density at radius 2 is 1.50 bits per heavy atom. The van der Waals surface area contributed by atoms with Gasteiger partial charge in [0.2, 0.25) is 0 Å². The van der Waals surface area contributed by atoms with Gasteiger partial charge in [-0.15, -0.1) is 0 Å². The molecular weight excluding hydrogens is 292 g/mol. The Kier molecular flexibility index (Phi) is 2.95. The van der Waals surface area contributed by atoms with E-state index in [4.69, 9.17) is 0 Å². The van der Waals surface area contributed by atoms with E-state index < -0.39 is 0 Å². The summed E-state index contributed by atoms with van der Waals surface area (Å²) < 4.78 is 0. The average molecular weight is 310 g/mol. The highest BCUT2D eigenvalue weighted by Crippen LogP contribution is 2.43. The Hall–Kier alpha value is -3.00. The van der Waals surface area contributed by atoms with Gasteiger partial charge in [-0.25, -0.2) is 0 Å². The number of hydrogen-bond donors (Lipinski definition) is 2. The van der Waals surface area contributed by atoms with Crippen LogP contribution in [-0.2, 0) is 0 Å². The van der Waals surface area contributed by atoms with Gasteiger partial charge in [0.1, 0.15) is 0 Å². The number of rotatable bonds is 1. The van der Waals surface area contributed by atoms with Crippen LogP contribution in [0.25, 0.3) is 22.2 Å². The van der Waals surface area contributed by atoms with Crippen molar-refractivity contribution in [2.45, 2.75) is 5.92 Å². The smallest absolute Gasteiger partial charge is 0.0525 e. The van der Waals surface area contributed by atoms with E-state index in [0.717, 1.165) is 6.54 Å². The number of nitrogens with one attached hydrogen (secondary N) is 2. The molecule has 2 heteroatoms. The number of hydrogen-bond acceptors (Lipinski definition) is 1. The molecule has 0 bridgehead atoms. The van der Waals surface area contributed by atoms with Crippen LogP contribution in [-0.4, -0.2) is 11.5 Å². The lowest BCUT2D eigenvalue weighted by atomic mass is 9.88. The first-order chi connectivity index (χ1) is 11.9. The number of aromatic amines is 1. The van der Waals surface area contributed by atoms with E-state index in [9.17, 15) is 0 Å². The molecule has 1 aliphatic heterocycles. The largest absolute Gasteiger partial charge is 0.384 e. The van der Waals surface area contributed by atoms with E-state index in [1.165, 1.54) is 39.0 Å². The van der Waals surface area contributed by atoms with Crippen molar-refractivity contribution in [2.75, 3.05) is 11.9 Å². The van der Waals surface area contributed by atoms with Crippen molar-refractivity contribution in [1.29, 1.82) is 0 Å². The van der Waals surface area contributed by atoms with E-state index >= 15 is 0 Å². The molecule has 1 atom stereocenters. The monoisotopic (exact) mass is 310 g/mol. The Labute approximate surface area is 141 Å². The zero-order valence-corrected chi connectivity index (χ0v) is 13.3. The highest BCUT2D eigenvalue weighted by atomic mass is 14.9. The number of para-hydroxylation sites is 2. The normalized spacial score (nSPS) is 16.1. The summed E-state index contributed by atoms with van der Waals surface area (Å²) in [7, 11) is 0. The summed E-state index contributed by atoms with van der Waals surface area (Å²) in [5, 5.41) is 4.97. The summed E-state index contributed by atoms with van der Waals surface area (Å²) in [5.74, 6) is 0.324. The molecule has 3 aromatic carbocycles. The molecule has 24 heavy (non-hydrogen) atoms.